The van der Waals surface area contributed by atoms with Gasteiger partial charge in [0.2, 0.25) is 0 Å². The number of nitrogens with two attached hydrogens (primary N) is 1. The number of pyridine rings is 1. The Morgan fingerprint density at radius 3 is 2.48 bits per heavy atom. The minimum atomic E-state index is -1.52. The molecule has 1 aromatic heterocycles. The molecule has 0 spiro atoms. The number of rotatable bonds is 6. The van der Waals surface area contributed by atoms with Crippen LogP contribution in [0.2, 0.25) is 0 Å². The second-order valence-corrected chi connectivity index (χ2v) is 8.28. The number of ether oxygens (including phenoxy) is 1. The van der Waals surface area contributed by atoms with Gasteiger partial charge < -0.3 is 10.5 Å². The Morgan fingerprint density at radius 1 is 1.09 bits per heavy atom. The first kappa shape index (κ1) is 21.1. The number of alkyl halides is 1. The summed E-state index contributed by atoms with van der Waals surface area (Å²) in [5.41, 5.74) is 7.20. The zero-order chi connectivity index (χ0) is 23.2. The first-order valence-electron chi connectivity index (χ1n) is 10.6. The van der Waals surface area contributed by atoms with E-state index in [-0.39, 0.29) is 29.5 Å². The SMILES string of the molecule is CN1C(=O)C(c2cc(OC3CC3)cc(-c3ccc(F)cc3)c2)(c2ccnc(CF)c2)N=C1N. The number of benzene rings is 2. The molecule has 8 heteroatoms. The maximum Gasteiger partial charge on any atom is 0.266 e. The number of aromatic nitrogens is 1. The number of carbonyl (C=O) groups excluding carboxylic acids is 1. The maximum atomic E-state index is 13.6. The molecule has 33 heavy (non-hydrogen) atoms. The van der Waals surface area contributed by atoms with Gasteiger partial charge in [-0.25, -0.2) is 13.8 Å². The lowest BCUT2D eigenvalue weighted by atomic mass is 9.81. The largest absolute Gasteiger partial charge is 0.490 e. The summed E-state index contributed by atoms with van der Waals surface area (Å²) in [6.07, 6.45) is 3.48. The van der Waals surface area contributed by atoms with Crippen LogP contribution in [0.3, 0.4) is 0 Å². The van der Waals surface area contributed by atoms with Crippen LogP contribution in [0.5, 0.6) is 5.75 Å². The zero-order valence-electron chi connectivity index (χ0n) is 18.0. The molecule has 1 aliphatic carbocycles. The fourth-order valence-corrected chi connectivity index (χ4v) is 4.02. The van der Waals surface area contributed by atoms with E-state index in [0.717, 1.165) is 24.0 Å². The summed E-state index contributed by atoms with van der Waals surface area (Å²) in [7, 11) is 1.55. The Labute approximate surface area is 189 Å². The van der Waals surface area contributed by atoms with Crippen molar-refractivity contribution in [2.75, 3.05) is 7.05 Å². The molecule has 1 unspecified atom stereocenters. The molecule has 5 rings (SSSR count). The van der Waals surface area contributed by atoms with Gasteiger partial charge in [0.15, 0.2) is 11.5 Å². The normalized spacial score (nSPS) is 20.2. The molecule has 0 bridgehead atoms. The van der Waals surface area contributed by atoms with E-state index in [1.165, 1.54) is 29.3 Å². The van der Waals surface area contributed by atoms with Crippen molar-refractivity contribution in [3.8, 4) is 16.9 Å². The lowest BCUT2D eigenvalue weighted by Crippen LogP contribution is -2.41. The summed E-state index contributed by atoms with van der Waals surface area (Å²) >= 11 is 0. The van der Waals surface area contributed by atoms with Gasteiger partial charge in [-0.1, -0.05) is 12.1 Å². The van der Waals surface area contributed by atoms with E-state index in [2.05, 4.69) is 9.98 Å². The van der Waals surface area contributed by atoms with Gasteiger partial charge in [0, 0.05) is 13.2 Å². The van der Waals surface area contributed by atoms with E-state index in [1.807, 2.05) is 12.1 Å². The number of halogens is 2. The highest BCUT2D eigenvalue weighted by atomic mass is 19.1. The van der Waals surface area contributed by atoms with E-state index in [4.69, 9.17) is 10.5 Å². The third-order valence-corrected chi connectivity index (χ3v) is 5.94. The van der Waals surface area contributed by atoms with E-state index in [0.29, 0.717) is 16.9 Å². The lowest BCUT2D eigenvalue weighted by molar-refractivity contribution is -0.129. The second-order valence-electron chi connectivity index (χ2n) is 8.28. The van der Waals surface area contributed by atoms with Gasteiger partial charge in [0.1, 0.15) is 18.2 Å². The van der Waals surface area contributed by atoms with Crippen molar-refractivity contribution in [2.24, 2.45) is 10.7 Å². The Kier molecular flexibility index (Phi) is 5.08. The van der Waals surface area contributed by atoms with Crippen molar-refractivity contribution in [3.63, 3.8) is 0 Å². The lowest BCUT2D eigenvalue weighted by Gasteiger charge is -2.27. The highest BCUT2D eigenvalue weighted by molar-refractivity contribution is 6.09. The molecule has 2 aliphatic rings. The van der Waals surface area contributed by atoms with Crippen molar-refractivity contribution in [1.29, 1.82) is 0 Å². The summed E-state index contributed by atoms with van der Waals surface area (Å²) in [6, 6.07) is 14.7. The molecule has 1 saturated carbocycles. The molecule has 2 aromatic carbocycles. The van der Waals surface area contributed by atoms with Gasteiger partial charge in [0.05, 0.1) is 11.8 Å². The first-order chi connectivity index (χ1) is 15.9. The minimum absolute atomic E-state index is 0.0513. The Balaban J connectivity index is 1.74. The van der Waals surface area contributed by atoms with Crippen molar-refractivity contribution in [1.82, 2.24) is 9.88 Å². The minimum Gasteiger partial charge on any atom is -0.490 e. The topological polar surface area (TPSA) is 80.8 Å². The standard InChI is InChI=1S/C25H22F2N4O2/c1-31-23(32)25(30-24(31)28,17-8-9-29-20(12-17)14-26)18-10-16(15-2-4-19(27)5-3-15)11-22(13-18)33-21-6-7-21/h2-5,8-13,21H,6-7,14H2,1H3,(H2,28,30). The van der Waals surface area contributed by atoms with Crippen LogP contribution < -0.4 is 10.5 Å². The monoisotopic (exact) mass is 448 g/mol. The van der Waals surface area contributed by atoms with Crippen molar-refractivity contribution < 1.29 is 18.3 Å². The molecule has 0 radical (unpaired) electrons. The summed E-state index contributed by atoms with van der Waals surface area (Å²) in [4.78, 5) is 23.5. The van der Waals surface area contributed by atoms with E-state index in [1.54, 1.807) is 31.3 Å². The highest BCUT2D eigenvalue weighted by Gasteiger charge is 2.50. The van der Waals surface area contributed by atoms with Gasteiger partial charge in [-0.15, -0.1) is 0 Å². The summed E-state index contributed by atoms with van der Waals surface area (Å²) < 4.78 is 33.0. The van der Waals surface area contributed by atoms with Crippen LogP contribution in [0.4, 0.5) is 8.78 Å². The molecular formula is C25H22F2N4O2. The van der Waals surface area contributed by atoms with Crippen LogP contribution in [0.25, 0.3) is 11.1 Å². The third-order valence-electron chi connectivity index (χ3n) is 5.94. The van der Waals surface area contributed by atoms with E-state index < -0.39 is 12.2 Å². The predicted octanol–water partition coefficient (Wildman–Crippen LogP) is 3.93. The van der Waals surface area contributed by atoms with Crippen LogP contribution in [0, 0.1) is 5.82 Å². The number of nitrogens with zero attached hydrogens (tertiary/aromatic N) is 3. The number of hydrogen-bond donors (Lipinski definition) is 1. The number of carbonyl (C=O) groups is 1. The Bertz CT molecular complexity index is 1260. The fraction of sp³-hybridized carbons (Fsp3) is 0.240. The van der Waals surface area contributed by atoms with E-state index in [9.17, 15) is 13.6 Å². The summed E-state index contributed by atoms with van der Waals surface area (Å²) in [6.45, 7) is -0.779. The maximum absolute atomic E-state index is 13.6. The number of guanidine groups is 1. The summed E-state index contributed by atoms with van der Waals surface area (Å²) in [5.74, 6) is -0.0916. The van der Waals surface area contributed by atoms with Gasteiger partial charge in [-0.2, -0.15) is 0 Å². The molecule has 2 N–H and O–H groups in total. The summed E-state index contributed by atoms with van der Waals surface area (Å²) in [5, 5.41) is 0. The van der Waals surface area contributed by atoms with Crippen LogP contribution in [-0.4, -0.2) is 34.9 Å². The quantitative estimate of drug-likeness (QED) is 0.620. The molecule has 168 valence electrons. The second kappa shape index (κ2) is 7.95. The zero-order valence-corrected chi connectivity index (χ0v) is 18.0. The van der Waals surface area contributed by atoms with Crippen molar-refractivity contribution in [3.05, 3.63) is 83.4 Å². The molecule has 1 atom stereocenters. The van der Waals surface area contributed by atoms with E-state index >= 15 is 0 Å². The van der Waals surface area contributed by atoms with Crippen molar-refractivity contribution >= 4 is 11.9 Å². The van der Waals surface area contributed by atoms with Gasteiger partial charge in [0.25, 0.3) is 5.91 Å². The van der Waals surface area contributed by atoms with Crippen LogP contribution in [0.15, 0.2) is 65.8 Å². The van der Waals surface area contributed by atoms with Gasteiger partial charge in [-0.05, 0) is 77.6 Å². The average molecular weight is 448 g/mol. The Hall–Kier alpha value is -3.81. The van der Waals surface area contributed by atoms with Gasteiger partial charge >= 0.3 is 0 Å². The predicted molar refractivity (Wildman–Crippen MR) is 120 cm³/mol. The van der Waals surface area contributed by atoms with Crippen LogP contribution in [0.1, 0.15) is 29.7 Å². The number of hydrogen-bond acceptors (Lipinski definition) is 5. The number of likely N-dealkylation sites (N-methyl/N-ethyl adjacent to an activating group) is 1. The third kappa shape index (κ3) is 3.71. The van der Waals surface area contributed by atoms with Crippen molar-refractivity contribution in [2.45, 2.75) is 31.2 Å². The number of amides is 1. The molecule has 3 aromatic rings. The fourth-order valence-electron chi connectivity index (χ4n) is 4.02. The Morgan fingerprint density at radius 2 is 1.85 bits per heavy atom. The first-order valence-corrected chi connectivity index (χ1v) is 10.6. The highest BCUT2D eigenvalue weighted by Crippen LogP contribution is 2.43. The molecule has 1 aliphatic heterocycles. The smallest absolute Gasteiger partial charge is 0.266 e. The van der Waals surface area contributed by atoms with Crippen LogP contribution >= 0.6 is 0 Å². The average Bonchev–Trinajstić information content (AvgIpc) is 3.61. The molecule has 1 fully saturated rings. The molecule has 0 saturated heterocycles. The molecule has 2 heterocycles. The molecule has 6 nitrogen and oxygen atoms in total. The van der Waals surface area contributed by atoms with Gasteiger partial charge in [-0.3, -0.25) is 14.7 Å². The molecular weight excluding hydrogens is 426 g/mol. The van der Waals surface area contributed by atoms with Crippen LogP contribution in [-0.2, 0) is 17.0 Å². The number of aliphatic imine (C=N–C) groups is 1. The molecule has 1 amide bonds.